The summed E-state index contributed by atoms with van der Waals surface area (Å²) in [4.78, 5) is 11.9. The fraction of sp³-hybridized carbons (Fsp3) is 0.923. The van der Waals surface area contributed by atoms with Crippen LogP contribution < -0.4 is 11.1 Å². The van der Waals surface area contributed by atoms with Crippen LogP contribution in [0.2, 0.25) is 0 Å². The first kappa shape index (κ1) is 18.9. The molecule has 1 aliphatic carbocycles. The lowest BCUT2D eigenvalue weighted by molar-refractivity contribution is -0.124. The standard InChI is InChI=1S/C13H26N2O2S.ClH/c1-4-18(17)11-7-5-6-10(8-11)15-13(16)12(14)9(2)3;/h9-12H,4-8,14H2,1-3H3,(H,15,16);1H/t10?,11?,12-,18?;/m0./s1. The van der Waals surface area contributed by atoms with Crippen molar-refractivity contribution in [3.63, 3.8) is 0 Å². The Morgan fingerprint density at radius 1 is 1.42 bits per heavy atom. The molecule has 1 fully saturated rings. The van der Waals surface area contributed by atoms with Crippen LogP contribution in [0.15, 0.2) is 0 Å². The normalized spacial score (nSPS) is 26.4. The second-order valence-corrected chi connectivity index (χ2v) is 7.44. The van der Waals surface area contributed by atoms with Gasteiger partial charge in [0.2, 0.25) is 5.91 Å². The Kier molecular flexibility index (Phi) is 8.86. The predicted octanol–water partition coefficient (Wildman–Crippen LogP) is 1.59. The summed E-state index contributed by atoms with van der Waals surface area (Å²) in [6.07, 6.45) is 3.87. The summed E-state index contributed by atoms with van der Waals surface area (Å²) in [5.41, 5.74) is 5.83. The number of carbonyl (C=O) groups excluding carboxylic acids is 1. The van der Waals surface area contributed by atoms with Crippen molar-refractivity contribution in [3.8, 4) is 0 Å². The molecule has 1 aliphatic rings. The van der Waals surface area contributed by atoms with E-state index < -0.39 is 16.8 Å². The van der Waals surface area contributed by atoms with Crippen LogP contribution in [-0.2, 0) is 15.6 Å². The zero-order valence-corrected chi connectivity index (χ0v) is 13.7. The number of rotatable bonds is 5. The lowest BCUT2D eigenvalue weighted by atomic mass is 9.94. The highest BCUT2D eigenvalue weighted by Crippen LogP contribution is 2.23. The number of carbonyl (C=O) groups is 1. The van der Waals surface area contributed by atoms with Crippen molar-refractivity contribution in [2.45, 2.75) is 63.8 Å². The van der Waals surface area contributed by atoms with Crippen LogP contribution >= 0.6 is 12.4 Å². The van der Waals surface area contributed by atoms with E-state index in [1.54, 1.807) is 0 Å². The molecule has 1 rings (SSSR count). The van der Waals surface area contributed by atoms with Gasteiger partial charge in [0, 0.05) is 27.8 Å². The van der Waals surface area contributed by atoms with Gasteiger partial charge in [-0.3, -0.25) is 9.00 Å². The number of hydrogen-bond acceptors (Lipinski definition) is 3. The van der Waals surface area contributed by atoms with E-state index in [0.29, 0.717) is 5.75 Å². The Morgan fingerprint density at radius 2 is 2.05 bits per heavy atom. The van der Waals surface area contributed by atoms with E-state index in [1.807, 2.05) is 20.8 Å². The molecule has 0 aromatic heterocycles. The lowest BCUT2D eigenvalue weighted by Crippen LogP contribution is -2.49. The second kappa shape index (κ2) is 8.93. The molecule has 3 N–H and O–H groups in total. The number of hydrogen-bond donors (Lipinski definition) is 2. The minimum Gasteiger partial charge on any atom is -0.352 e. The fourth-order valence-corrected chi connectivity index (χ4v) is 3.70. The molecule has 6 heteroatoms. The Bertz CT molecular complexity index is 313. The van der Waals surface area contributed by atoms with E-state index in [2.05, 4.69) is 5.32 Å². The molecule has 4 nitrogen and oxygen atoms in total. The van der Waals surface area contributed by atoms with Crippen LogP contribution in [0, 0.1) is 5.92 Å². The van der Waals surface area contributed by atoms with Crippen molar-refractivity contribution in [3.05, 3.63) is 0 Å². The summed E-state index contributed by atoms with van der Waals surface area (Å²) in [5, 5.41) is 3.25. The number of nitrogens with two attached hydrogens (primary N) is 1. The molecule has 19 heavy (non-hydrogen) atoms. The highest BCUT2D eigenvalue weighted by atomic mass is 35.5. The Labute approximate surface area is 125 Å². The van der Waals surface area contributed by atoms with Gasteiger partial charge < -0.3 is 11.1 Å². The summed E-state index contributed by atoms with van der Waals surface area (Å²) < 4.78 is 11.8. The number of amides is 1. The average Bonchev–Trinajstić information content (AvgIpc) is 2.36. The van der Waals surface area contributed by atoms with E-state index in [9.17, 15) is 9.00 Å². The molecule has 0 aliphatic heterocycles. The third-order valence-electron chi connectivity index (χ3n) is 3.65. The predicted molar refractivity (Wildman–Crippen MR) is 82.9 cm³/mol. The first-order chi connectivity index (χ1) is 8.45. The van der Waals surface area contributed by atoms with E-state index in [-0.39, 0.29) is 35.5 Å². The minimum absolute atomic E-state index is 0. The zero-order valence-electron chi connectivity index (χ0n) is 12.1. The average molecular weight is 311 g/mol. The van der Waals surface area contributed by atoms with E-state index in [4.69, 9.17) is 5.73 Å². The highest BCUT2D eigenvalue weighted by Gasteiger charge is 2.28. The van der Waals surface area contributed by atoms with Gasteiger partial charge in [-0.1, -0.05) is 27.2 Å². The van der Waals surface area contributed by atoms with Crippen molar-refractivity contribution < 1.29 is 9.00 Å². The highest BCUT2D eigenvalue weighted by molar-refractivity contribution is 7.85. The Morgan fingerprint density at radius 3 is 2.58 bits per heavy atom. The maximum absolute atomic E-state index is 11.9. The third-order valence-corrected chi connectivity index (χ3v) is 5.39. The van der Waals surface area contributed by atoms with Gasteiger partial charge in [0.15, 0.2) is 0 Å². The van der Waals surface area contributed by atoms with Gasteiger partial charge in [-0.15, -0.1) is 12.4 Å². The molecule has 1 amide bonds. The first-order valence-electron chi connectivity index (χ1n) is 6.88. The van der Waals surface area contributed by atoms with Gasteiger partial charge in [-0.25, -0.2) is 0 Å². The van der Waals surface area contributed by atoms with Crippen molar-refractivity contribution in [2.75, 3.05) is 5.75 Å². The van der Waals surface area contributed by atoms with Crippen LogP contribution in [0.25, 0.3) is 0 Å². The van der Waals surface area contributed by atoms with Crippen molar-refractivity contribution in [1.29, 1.82) is 0 Å². The van der Waals surface area contributed by atoms with Crippen LogP contribution in [0.5, 0.6) is 0 Å². The molecule has 0 radical (unpaired) electrons. The van der Waals surface area contributed by atoms with Crippen molar-refractivity contribution in [1.82, 2.24) is 5.32 Å². The quantitative estimate of drug-likeness (QED) is 0.810. The molecule has 0 spiro atoms. The molecule has 114 valence electrons. The molecule has 0 aromatic rings. The van der Waals surface area contributed by atoms with Gasteiger partial charge in [0.1, 0.15) is 0 Å². The molecule has 0 heterocycles. The summed E-state index contributed by atoms with van der Waals surface area (Å²) in [6.45, 7) is 5.84. The monoisotopic (exact) mass is 310 g/mol. The molecular formula is C13H27ClN2O2S. The van der Waals surface area contributed by atoms with E-state index >= 15 is 0 Å². The Balaban J connectivity index is 0.00000324. The Hall–Kier alpha value is -0.130. The largest absolute Gasteiger partial charge is 0.352 e. The smallest absolute Gasteiger partial charge is 0.237 e. The number of halogens is 1. The van der Waals surface area contributed by atoms with Crippen LogP contribution in [0.1, 0.15) is 46.5 Å². The summed E-state index contributed by atoms with van der Waals surface area (Å²) >= 11 is 0. The molecule has 0 aromatic carbocycles. The summed E-state index contributed by atoms with van der Waals surface area (Å²) in [6, 6.07) is -0.293. The van der Waals surface area contributed by atoms with E-state index in [1.165, 1.54) is 0 Å². The van der Waals surface area contributed by atoms with E-state index in [0.717, 1.165) is 25.7 Å². The molecular weight excluding hydrogens is 284 g/mol. The topological polar surface area (TPSA) is 72.2 Å². The van der Waals surface area contributed by atoms with Crippen LogP contribution in [0.4, 0.5) is 0 Å². The molecule has 0 saturated heterocycles. The zero-order chi connectivity index (χ0) is 13.7. The van der Waals surface area contributed by atoms with Crippen LogP contribution in [-0.4, -0.2) is 33.2 Å². The molecule has 4 atom stereocenters. The van der Waals surface area contributed by atoms with Gasteiger partial charge in [0.25, 0.3) is 0 Å². The van der Waals surface area contributed by atoms with Gasteiger partial charge >= 0.3 is 0 Å². The second-order valence-electron chi connectivity index (χ2n) is 5.43. The van der Waals surface area contributed by atoms with Crippen molar-refractivity contribution in [2.24, 2.45) is 11.7 Å². The maximum Gasteiger partial charge on any atom is 0.237 e. The summed E-state index contributed by atoms with van der Waals surface area (Å²) in [5.74, 6) is 0.781. The summed E-state index contributed by atoms with van der Waals surface area (Å²) in [7, 11) is -0.751. The first-order valence-corrected chi connectivity index (χ1v) is 8.27. The van der Waals surface area contributed by atoms with Gasteiger partial charge in [0.05, 0.1) is 6.04 Å². The van der Waals surface area contributed by atoms with Crippen LogP contribution in [0.3, 0.4) is 0 Å². The van der Waals surface area contributed by atoms with Crippen molar-refractivity contribution >= 4 is 29.1 Å². The number of nitrogens with one attached hydrogen (secondary N) is 1. The third kappa shape index (κ3) is 5.79. The molecule has 3 unspecified atom stereocenters. The van der Waals surface area contributed by atoms with Gasteiger partial charge in [-0.2, -0.15) is 0 Å². The molecule has 1 saturated carbocycles. The SMILES string of the molecule is CCS(=O)C1CCCC(NC(=O)[C@@H](N)C(C)C)C1.Cl. The minimum atomic E-state index is -0.751. The van der Waals surface area contributed by atoms with Gasteiger partial charge in [-0.05, 0) is 25.2 Å². The fourth-order valence-electron chi connectivity index (χ4n) is 2.35. The maximum atomic E-state index is 11.9. The lowest BCUT2D eigenvalue weighted by Gasteiger charge is -2.30. The molecule has 0 bridgehead atoms.